The molecule has 1 fully saturated rings. The van der Waals surface area contributed by atoms with Gasteiger partial charge in [-0.3, -0.25) is 14.9 Å². The third-order valence-electron chi connectivity index (χ3n) is 5.19. The molecule has 0 bridgehead atoms. The van der Waals surface area contributed by atoms with E-state index in [2.05, 4.69) is 31.6 Å². The lowest BCUT2D eigenvalue weighted by atomic mass is 10.0. The van der Waals surface area contributed by atoms with Gasteiger partial charge in [-0.1, -0.05) is 12.1 Å². The van der Waals surface area contributed by atoms with Gasteiger partial charge in [0.25, 0.3) is 0 Å². The Kier molecular flexibility index (Phi) is 7.52. The van der Waals surface area contributed by atoms with Crippen LogP contribution in [0.1, 0.15) is 29.7 Å². The topological polar surface area (TPSA) is 52.6 Å². The van der Waals surface area contributed by atoms with E-state index in [1.54, 1.807) is 7.05 Å². The fourth-order valence-corrected chi connectivity index (χ4v) is 3.58. The molecule has 2 heterocycles. The Balaban J connectivity index is 1.48. The van der Waals surface area contributed by atoms with Gasteiger partial charge in [0.2, 0.25) is 0 Å². The summed E-state index contributed by atoms with van der Waals surface area (Å²) in [5.41, 5.74) is 2.33. The summed E-state index contributed by atoms with van der Waals surface area (Å²) in [6.45, 7) is 4.56. The highest BCUT2D eigenvalue weighted by Gasteiger charge is 2.22. The Labute approximate surface area is 171 Å². The minimum Gasteiger partial charge on any atom is -0.356 e. The first-order chi connectivity index (χ1) is 14.0. The highest BCUT2D eigenvalue weighted by molar-refractivity contribution is 5.80. The summed E-state index contributed by atoms with van der Waals surface area (Å²) in [6, 6.07) is 8.31. The molecule has 1 aromatic carbocycles. The lowest BCUT2D eigenvalue weighted by Gasteiger charge is -2.34. The summed E-state index contributed by atoms with van der Waals surface area (Å²) in [5, 5.41) is 6.78. The van der Waals surface area contributed by atoms with E-state index in [0.29, 0.717) is 0 Å². The number of guanidine groups is 1. The summed E-state index contributed by atoms with van der Waals surface area (Å²) >= 11 is 0. The maximum Gasteiger partial charge on any atom is 0.191 e. The van der Waals surface area contributed by atoms with Crippen molar-refractivity contribution in [3.8, 4) is 0 Å². The van der Waals surface area contributed by atoms with E-state index < -0.39 is 11.6 Å². The van der Waals surface area contributed by atoms with Crippen LogP contribution in [-0.4, -0.2) is 48.6 Å². The van der Waals surface area contributed by atoms with Crippen LogP contribution in [0.3, 0.4) is 0 Å². The lowest BCUT2D eigenvalue weighted by Crippen LogP contribution is -2.51. The lowest BCUT2D eigenvalue weighted by molar-refractivity contribution is 0.188. The second-order valence-electron chi connectivity index (χ2n) is 7.48. The van der Waals surface area contributed by atoms with E-state index in [-0.39, 0.29) is 18.2 Å². The molecule has 0 amide bonds. The quantitative estimate of drug-likeness (QED) is 0.577. The number of aryl methyl sites for hydroxylation is 1. The first-order valence-corrected chi connectivity index (χ1v) is 10.1. The molecule has 2 N–H and O–H groups in total. The summed E-state index contributed by atoms with van der Waals surface area (Å²) < 4.78 is 27.9. The Morgan fingerprint density at radius 1 is 1.24 bits per heavy atom. The second-order valence-corrected chi connectivity index (χ2v) is 7.48. The van der Waals surface area contributed by atoms with E-state index in [1.807, 2.05) is 19.2 Å². The number of rotatable bonds is 6. The monoisotopic (exact) mass is 401 g/mol. The minimum absolute atomic E-state index is 0.141. The van der Waals surface area contributed by atoms with Crippen molar-refractivity contribution in [1.82, 2.24) is 20.5 Å². The van der Waals surface area contributed by atoms with E-state index in [4.69, 9.17) is 0 Å². The van der Waals surface area contributed by atoms with E-state index in [0.717, 1.165) is 50.6 Å². The number of hydrogen-bond donors (Lipinski definition) is 2. The number of aromatic nitrogens is 1. The van der Waals surface area contributed by atoms with Crippen LogP contribution in [0.2, 0.25) is 0 Å². The molecule has 1 aliphatic heterocycles. The van der Waals surface area contributed by atoms with E-state index in [1.165, 1.54) is 23.8 Å². The van der Waals surface area contributed by atoms with Gasteiger partial charge in [0.1, 0.15) is 11.6 Å². The molecule has 7 heteroatoms. The molecule has 0 radical (unpaired) electrons. The Morgan fingerprint density at radius 2 is 2.03 bits per heavy atom. The van der Waals surface area contributed by atoms with Gasteiger partial charge in [-0.15, -0.1) is 0 Å². The minimum atomic E-state index is -0.483. The normalized spacial score (nSPS) is 17.9. The zero-order chi connectivity index (χ0) is 20.6. The Hall–Kier alpha value is -2.54. The molecule has 1 saturated heterocycles. The number of nitrogens with one attached hydrogen (secondary N) is 2. The van der Waals surface area contributed by atoms with Crippen molar-refractivity contribution >= 4 is 5.96 Å². The molecule has 5 nitrogen and oxygen atoms in total. The highest BCUT2D eigenvalue weighted by atomic mass is 19.1. The first-order valence-electron chi connectivity index (χ1n) is 10.1. The standard InChI is InChI=1S/C22H29F2N5/c1-16-8-9-17(13-27-16)10-11-26-22(25-2)28-18-5-4-12-29(14-18)15-19-20(23)6-3-7-21(19)24/h3,6-9,13,18H,4-5,10-12,14-15H2,1-2H3,(H2,25,26,28). The molecule has 1 unspecified atom stereocenters. The van der Waals surface area contributed by atoms with Crippen molar-refractivity contribution in [1.29, 1.82) is 0 Å². The number of halogens is 2. The van der Waals surface area contributed by atoms with Gasteiger partial charge in [0.15, 0.2) is 5.96 Å². The van der Waals surface area contributed by atoms with Gasteiger partial charge in [-0.05, 0) is 56.5 Å². The number of pyridine rings is 1. The molecule has 156 valence electrons. The molecular formula is C22H29F2N5. The van der Waals surface area contributed by atoms with E-state index in [9.17, 15) is 8.78 Å². The van der Waals surface area contributed by atoms with Crippen molar-refractivity contribution in [2.45, 2.75) is 38.8 Å². The van der Waals surface area contributed by atoms with Crippen LogP contribution in [0.4, 0.5) is 8.78 Å². The third kappa shape index (κ3) is 6.22. The van der Waals surface area contributed by atoms with Gasteiger partial charge in [0.05, 0.1) is 0 Å². The predicted octanol–water partition coefficient (Wildman–Crippen LogP) is 3.04. The predicted molar refractivity (Wildman–Crippen MR) is 112 cm³/mol. The molecule has 0 spiro atoms. The smallest absolute Gasteiger partial charge is 0.191 e. The number of benzene rings is 1. The molecule has 2 aromatic rings. The number of aliphatic imine (C=N–C) groups is 1. The molecule has 0 saturated carbocycles. The summed E-state index contributed by atoms with van der Waals surface area (Å²) in [4.78, 5) is 10.7. The van der Waals surface area contributed by atoms with Crippen LogP contribution >= 0.6 is 0 Å². The van der Waals surface area contributed by atoms with Gasteiger partial charge < -0.3 is 10.6 Å². The number of nitrogens with zero attached hydrogens (tertiary/aromatic N) is 3. The van der Waals surface area contributed by atoms with Crippen LogP contribution in [0.25, 0.3) is 0 Å². The molecular weight excluding hydrogens is 372 g/mol. The molecule has 1 aliphatic rings. The fourth-order valence-electron chi connectivity index (χ4n) is 3.58. The van der Waals surface area contributed by atoms with Gasteiger partial charge in [-0.25, -0.2) is 8.78 Å². The average molecular weight is 402 g/mol. The van der Waals surface area contributed by atoms with Gasteiger partial charge >= 0.3 is 0 Å². The average Bonchev–Trinajstić information content (AvgIpc) is 2.72. The van der Waals surface area contributed by atoms with Gasteiger partial charge in [0, 0.05) is 50.2 Å². The van der Waals surface area contributed by atoms with Crippen molar-refractivity contribution < 1.29 is 8.78 Å². The van der Waals surface area contributed by atoms with E-state index >= 15 is 0 Å². The van der Waals surface area contributed by atoms with Crippen LogP contribution in [0, 0.1) is 18.6 Å². The zero-order valence-electron chi connectivity index (χ0n) is 17.1. The van der Waals surface area contributed by atoms with Crippen LogP contribution in [-0.2, 0) is 13.0 Å². The first kappa shape index (κ1) is 21.2. The molecule has 1 aromatic heterocycles. The van der Waals surface area contributed by atoms with Crippen molar-refractivity contribution in [3.63, 3.8) is 0 Å². The number of hydrogen-bond acceptors (Lipinski definition) is 3. The molecule has 3 rings (SSSR count). The highest BCUT2D eigenvalue weighted by Crippen LogP contribution is 2.18. The second kappa shape index (κ2) is 10.3. The summed E-state index contributed by atoms with van der Waals surface area (Å²) in [6.07, 6.45) is 4.73. The van der Waals surface area contributed by atoms with Crippen LogP contribution < -0.4 is 10.6 Å². The molecule has 29 heavy (non-hydrogen) atoms. The van der Waals surface area contributed by atoms with Crippen molar-refractivity contribution in [2.75, 3.05) is 26.7 Å². The van der Waals surface area contributed by atoms with Gasteiger partial charge in [-0.2, -0.15) is 0 Å². The van der Waals surface area contributed by atoms with Crippen molar-refractivity contribution in [2.24, 2.45) is 4.99 Å². The zero-order valence-corrected chi connectivity index (χ0v) is 17.1. The largest absolute Gasteiger partial charge is 0.356 e. The molecule has 1 atom stereocenters. The Bertz CT molecular complexity index is 802. The summed E-state index contributed by atoms with van der Waals surface area (Å²) in [5.74, 6) is -0.222. The van der Waals surface area contributed by atoms with Crippen molar-refractivity contribution in [3.05, 3.63) is 65.0 Å². The third-order valence-corrected chi connectivity index (χ3v) is 5.19. The molecule has 0 aliphatic carbocycles. The van der Waals surface area contributed by atoms with Crippen LogP contribution in [0.15, 0.2) is 41.5 Å². The Morgan fingerprint density at radius 3 is 2.72 bits per heavy atom. The fraction of sp³-hybridized carbons (Fsp3) is 0.455. The maximum absolute atomic E-state index is 14.0. The van der Waals surface area contributed by atoms with Crippen LogP contribution in [0.5, 0.6) is 0 Å². The number of likely N-dealkylation sites (tertiary alicyclic amines) is 1. The SMILES string of the molecule is CN=C(NCCc1ccc(C)nc1)NC1CCCN(Cc2c(F)cccc2F)C1. The summed E-state index contributed by atoms with van der Waals surface area (Å²) in [7, 11) is 1.75. The number of piperidine rings is 1. The maximum atomic E-state index is 14.0.